The Balaban J connectivity index is 2.33. The van der Waals surface area contributed by atoms with Gasteiger partial charge in [-0.05, 0) is 49.1 Å². The highest BCUT2D eigenvalue weighted by Crippen LogP contribution is 2.24. The van der Waals surface area contributed by atoms with E-state index in [2.05, 4.69) is 5.32 Å². The van der Waals surface area contributed by atoms with Crippen molar-refractivity contribution in [2.45, 2.75) is 58.7 Å². The summed E-state index contributed by atoms with van der Waals surface area (Å²) in [4.78, 5) is 27.8. The van der Waals surface area contributed by atoms with Crippen molar-refractivity contribution in [1.29, 1.82) is 0 Å². The second kappa shape index (κ2) is 11.6. The van der Waals surface area contributed by atoms with Crippen LogP contribution in [-0.4, -0.2) is 28.8 Å². The fraction of sp³-hybridized carbons (Fsp3) is 0.391. The second-order valence-electron chi connectivity index (χ2n) is 7.28. The van der Waals surface area contributed by atoms with Crippen molar-refractivity contribution in [3.8, 4) is 0 Å². The molecule has 0 saturated heterocycles. The Bertz CT molecular complexity index is 889. The molecule has 0 aliphatic rings. The molecule has 4 nitrogen and oxygen atoms in total. The first-order chi connectivity index (χ1) is 14.3. The van der Waals surface area contributed by atoms with Crippen molar-refractivity contribution in [2.24, 2.45) is 0 Å². The summed E-state index contributed by atoms with van der Waals surface area (Å²) < 4.78 is 0. The molecule has 0 heterocycles. The van der Waals surface area contributed by atoms with E-state index in [1.807, 2.05) is 39.0 Å². The fourth-order valence-electron chi connectivity index (χ4n) is 3.10. The highest BCUT2D eigenvalue weighted by Gasteiger charge is 2.29. The maximum atomic E-state index is 13.3. The normalized spacial score (nSPS) is 12.9. The SMILES string of the molecule is CC[C@@H](C)NC(=O)[C@H](CC)N(Cc1ccccc1Cl)C(=O)Cc1ccc(Cl)c(Cl)c1. The number of benzene rings is 2. The summed E-state index contributed by atoms with van der Waals surface area (Å²) in [6.07, 6.45) is 1.40. The predicted molar refractivity (Wildman–Crippen MR) is 124 cm³/mol. The average Bonchev–Trinajstić information content (AvgIpc) is 2.71. The fourth-order valence-corrected chi connectivity index (χ4v) is 3.61. The van der Waals surface area contributed by atoms with E-state index < -0.39 is 6.04 Å². The number of amides is 2. The predicted octanol–water partition coefficient (Wildman–Crippen LogP) is 5.91. The molecule has 30 heavy (non-hydrogen) atoms. The average molecular weight is 470 g/mol. The summed E-state index contributed by atoms with van der Waals surface area (Å²) in [7, 11) is 0. The largest absolute Gasteiger partial charge is 0.352 e. The Morgan fingerprint density at radius 2 is 1.67 bits per heavy atom. The molecule has 0 spiro atoms. The van der Waals surface area contributed by atoms with E-state index in [1.165, 1.54) is 0 Å². The van der Waals surface area contributed by atoms with Crippen LogP contribution in [0, 0.1) is 0 Å². The summed E-state index contributed by atoms with van der Waals surface area (Å²) in [6, 6.07) is 11.9. The van der Waals surface area contributed by atoms with Crippen molar-refractivity contribution >= 4 is 46.6 Å². The van der Waals surface area contributed by atoms with Gasteiger partial charge in [0.2, 0.25) is 11.8 Å². The number of halogens is 3. The third-order valence-corrected chi connectivity index (χ3v) is 6.13. The second-order valence-corrected chi connectivity index (χ2v) is 8.50. The molecule has 2 amide bonds. The van der Waals surface area contributed by atoms with Gasteiger partial charge in [-0.2, -0.15) is 0 Å². The van der Waals surface area contributed by atoms with Crippen molar-refractivity contribution in [3.05, 3.63) is 68.7 Å². The number of carbonyl (C=O) groups excluding carboxylic acids is 2. The molecule has 162 valence electrons. The third kappa shape index (κ3) is 6.63. The van der Waals surface area contributed by atoms with Crippen molar-refractivity contribution in [1.82, 2.24) is 10.2 Å². The van der Waals surface area contributed by atoms with Crippen LogP contribution in [0.25, 0.3) is 0 Å². The van der Waals surface area contributed by atoms with E-state index >= 15 is 0 Å². The van der Waals surface area contributed by atoms with E-state index in [0.29, 0.717) is 21.5 Å². The molecule has 2 atom stereocenters. The number of hydrogen-bond donors (Lipinski definition) is 1. The third-order valence-electron chi connectivity index (χ3n) is 5.02. The van der Waals surface area contributed by atoms with Gasteiger partial charge >= 0.3 is 0 Å². The van der Waals surface area contributed by atoms with Gasteiger partial charge in [-0.15, -0.1) is 0 Å². The topological polar surface area (TPSA) is 49.4 Å². The van der Waals surface area contributed by atoms with Crippen molar-refractivity contribution in [2.75, 3.05) is 0 Å². The number of carbonyl (C=O) groups is 2. The first-order valence-electron chi connectivity index (χ1n) is 10.0. The van der Waals surface area contributed by atoms with Crippen LogP contribution in [0.1, 0.15) is 44.7 Å². The lowest BCUT2D eigenvalue weighted by Crippen LogP contribution is -2.51. The van der Waals surface area contributed by atoms with Crippen LogP contribution in [0.15, 0.2) is 42.5 Å². The lowest BCUT2D eigenvalue weighted by molar-refractivity contribution is -0.141. The maximum absolute atomic E-state index is 13.3. The molecule has 0 fully saturated rings. The highest BCUT2D eigenvalue weighted by atomic mass is 35.5. The summed E-state index contributed by atoms with van der Waals surface area (Å²) in [5.74, 6) is -0.346. The summed E-state index contributed by atoms with van der Waals surface area (Å²) in [6.45, 7) is 6.09. The van der Waals surface area contributed by atoms with Crippen LogP contribution in [0.4, 0.5) is 0 Å². The van der Waals surface area contributed by atoms with Crippen molar-refractivity contribution in [3.63, 3.8) is 0 Å². The van der Waals surface area contributed by atoms with Gasteiger partial charge in [0.15, 0.2) is 0 Å². The van der Waals surface area contributed by atoms with Crippen LogP contribution < -0.4 is 5.32 Å². The Kier molecular flexibility index (Phi) is 9.47. The number of nitrogens with zero attached hydrogens (tertiary/aromatic N) is 1. The van der Waals surface area contributed by atoms with Crippen LogP contribution in [-0.2, 0) is 22.6 Å². The molecular formula is C23H27Cl3N2O2. The zero-order chi connectivity index (χ0) is 22.3. The number of hydrogen-bond acceptors (Lipinski definition) is 2. The van der Waals surface area contributed by atoms with Crippen molar-refractivity contribution < 1.29 is 9.59 Å². The Morgan fingerprint density at radius 3 is 2.27 bits per heavy atom. The maximum Gasteiger partial charge on any atom is 0.243 e. The molecule has 0 bridgehead atoms. The molecule has 7 heteroatoms. The molecule has 0 radical (unpaired) electrons. The molecule has 0 unspecified atom stereocenters. The van der Waals surface area contributed by atoms with E-state index in [1.54, 1.807) is 29.2 Å². The minimum absolute atomic E-state index is 0.0267. The van der Waals surface area contributed by atoms with Gasteiger partial charge in [-0.25, -0.2) is 0 Å². The summed E-state index contributed by atoms with van der Waals surface area (Å²) in [5, 5.41) is 4.37. The van der Waals surface area contributed by atoms with Crippen LogP contribution in [0.2, 0.25) is 15.1 Å². The van der Waals surface area contributed by atoms with E-state index in [9.17, 15) is 9.59 Å². The van der Waals surface area contributed by atoms with E-state index in [0.717, 1.165) is 17.5 Å². The Hall–Kier alpha value is -1.75. The zero-order valence-corrected chi connectivity index (χ0v) is 19.7. The van der Waals surface area contributed by atoms with Crippen LogP contribution in [0.5, 0.6) is 0 Å². The minimum Gasteiger partial charge on any atom is -0.352 e. The number of rotatable bonds is 9. The van der Waals surface area contributed by atoms with Crippen LogP contribution in [0.3, 0.4) is 0 Å². The molecule has 0 aliphatic carbocycles. The summed E-state index contributed by atoms with van der Waals surface area (Å²) >= 11 is 18.4. The highest BCUT2D eigenvalue weighted by molar-refractivity contribution is 6.42. The zero-order valence-electron chi connectivity index (χ0n) is 17.4. The molecule has 2 aromatic rings. The van der Waals surface area contributed by atoms with Crippen LogP contribution >= 0.6 is 34.8 Å². The summed E-state index contributed by atoms with van der Waals surface area (Å²) in [5.41, 5.74) is 1.52. The van der Waals surface area contributed by atoms with Gasteiger partial charge in [0.25, 0.3) is 0 Å². The smallest absolute Gasteiger partial charge is 0.243 e. The first-order valence-corrected chi connectivity index (χ1v) is 11.2. The van der Waals surface area contributed by atoms with Gasteiger partial charge in [0.05, 0.1) is 16.5 Å². The quantitative estimate of drug-likeness (QED) is 0.496. The molecule has 0 saturated carbocycles. The standard InChI is InChI=1S/C23H27Cl3N2O2/c1-4-15(3)27-23(30)21(5-2)28(14-17-8-6-7-9-18(17)24)22(29)13-16-10-11-19(25)20(26)12-16/h6-12,15,21H,4-5,13-14H2,1-3H3,(H,27,30)/t15-,21+/m1/s1. The first kappa shape index (κ1) is 24.5. The number of nitrogens with one attached hydrogen (secondary N) is 1. The molecular weight excluding hydrogens is 443 g/mol. The molecule has 2 aromatic carbocycles. The lowest BCUT2D eigenvalue weighted by atomic mass is 10.1. The molecule has 0 aliphatic heterocycles. The van der Waals surface area contributed by atoms with E-state index in [4.69, 9.17) is 34.8 Å². The van der Waals surface area contributed by atoms with Gasteiger partial charge in [-0.1, -0.05) is 72.9 Å². The Labute approximate surface area is 193 Å². The monoisotopic (exact) mass is 468 g/mol. The Morgan fingerprint density at radius 1 is 0.967 bits per heavy atom. The lowest BCUT2D eigenvalue weighted by Gasteiger charge is -2.32. The van der Waals surface area contributed by atoms with Gasteiger partial charge in [0.1, 0.15) is 6.04 Å². The minimum atomic E-state index is -0.606. The molecule has 1 N–H and O–H groups in total. The molecule has 2 rings (SSSR count). The van der Waals surface area contributed by atoms with Gasteiger partial charge < -0.3 is 10.2 Å². The van der Waals surface area contributed by atoms with Gasteiger partial charge in [0, 0.05) is 17.6 Å². The van der Waals surface area contributed by atoms with E-state index in [-0.39, 0.29) is 30.8 Å². The molecule has 0 aromatic heterocycles. The van der Waals surface area contributed by atoms with Gasteiger partial charge in [-0.3, -0.25) is 9.59 Å².